The Morgan fingerprint density at radius 3 is 2.76 bits per heavy atom. The second-order valence-electron chi connectivity index (χ2n) is 5.25. The normalized spacial score (nSPS) is 23.0. The second-order valence-corrected chi connectivity index (χ2v) is 8.10. The van der Waals surface area contributed by atoms with Crippen molar-refractivity contribution < 1.29 is 13.2 Å². The van der Waals surface area contributed by atoms with E-state index in [9.17, 15) is 8.42 Å². The first-order chi connectivity index (χ1) is 9.96. The summed E-state index contributed by atoms with van der Waals surface area (Å²) in [5, 5.41) is 0.535. The van der Waals surface area contributed by atoms with Crippen LogP contribution in [0.5, 0.6) is 5.75 Å². The summed E-state index contributed by atoms with van der Waals surface area (Å²) in [4.78, 5) is 0.187. The minimum Gasteiger partial charge on any atom is -0.495 e. The van der Waals surface area contributed by atoms with E-state index >= 15 is 0 Å². The van der Waals surface area contributed by atoms with Crippen molar-refractivity contribution in [2.75, 3.05) is 19.1 Å². The zero-order chi connectivity index (χ0) is 15.5. The molecule has 2 unspecified atom stereocenters. The zero-order valence-corrected chi connectivity index (χ0v) is 14.0. The molecule has 7 heteroatoms. The summed E-state index contributed by atoms with van der Waals surface area (Å²) in [5.41, 5.74) is 6.11. The van der Waals surface area contributed by atoms with Gasteiger partial charge in [0.25, 0.3) is 0 Å². The Morgan fingerprint density at radius 1 is 1.38 bits per heavy atom. The van der Waals surface area contributed by atoms with Gasteiger partial charge in [-0.15, -0.1) is 0 Å². The third-order valence-corrected chi connectivity index (χ3v) is 6.41. The molecule has 2 rings (SSSR count). The fourth-order valence-electron chi connectivity index (χ4n) is 2.63. The molecule has 5 nitrogen and oxygen atoms in total. The molecule has 1 saturated carbocycles. The molecule has 1 aliphatic rings. The summed E-state index contributed by atoms with van der Waals surface area (Å²) in [6, 6.07) is 4.54. The van der Waals surface area contributed by atoms with Crippen molar-refractivity contribution in [3.05, 3.63) is 18.2 Å². The van der Waals surface area contributed by atoms with Crippen LogP contribution in [0.25, 0.3) is 0 Å². The topological polar surface area (TPSA) is 81.4 Å². The van der Waals surface area contributed by atoms with Crippen LogP contribution < -0.4 is 15.2 Å². The number of methoxy groups -OCH3 is 1. The highest BCUT2D eigenvalue weighted by Gasteiger charge is 2.26. The van der Waals surface area contributed by atoms with Crippen LogP contribution in [0.1, 0.15) is 25.7 Å². The van der Waals surface area contributed by atoms with Gasteiger partial charge in [-0.3, -0.25) is 0 Å². The van der Waals surface area contributed by atoms with Gasteiger partial charge < -0.3 is 10.5 Å². The van der Waals surface area contributed by atoms with E-state index < -0.39 is 10.0 Å². The van der Waals surface area contributed by atoms with Gasteiger partial charge in [0, 0.05) is 11.3 Å². The smallest absolute Gasteiger partial charge is 0.240 e. The van der Waals surface area contributed by atoms with Crippen LogP contribution >= 0.6 is 11.8 Å². The van der Waals surface area contributed by atoms with Crippen LogP contribution in [0.3, 0.4) is 0 Å². The number of rotatable bonds is 5. The molecule has 3 N–H and O–H groups in total. The molecule has 0 spiro atoms. The molecular weight excluding hydrogens is 308 g/mol. The number of hydrogen-bond donors (Lipinski definition) is 2. The Labute approximate surface area is 130 Å². The minimum absolute atomic E-state index is 0.00419. The number of nitrogens with two attached hydrogens (primary N) is 1. The number of ether oxygens (including phenoxy) is 1. The predicted octanol–water partition coefficient (Wildman–Crippen LogP) is 2.23. The van der Waals surface area contributed by atoms with Crippen LogP contribution in [-0.4, -0.2) is 33.1 Å². The quantitative estimate of drug-likeness (QED) is 0.809. The molecule has 118 valence electrons. The summed E-state index contributed by atoms with van der Waals surface area (Å²) in [5.74, 6) is 0.481. The fourth-order valence-corrected chi connectivity index (χ4v) is 4.78. The van der Waals surface area contributed by atoms with Crippen LogP contribution in [0.15, 0.2) is 23.1 Å². The van der Waals surface area contributed by atoms with Crippen molar-refractivity contribution in [2.45, 2.75) is 41.9 Å². The highest BCUT2D eigenvalue weighted by Crippen LogP contribution is 2.29. The standard InChI is InChI=1S/C14H22N2O3S2/c1-19-14-7-6-12(9-13(14)15)21(17,18)16-10-4-3-5-11(8-10)20-2/h6-7,9-11,16H,3-5,8,15H2,1-2H3. The van der Waals surface area contributed by atoms with E-state index in [1.54, 1.807) is 6.07 Å². The number of benzene rings is 1. The van der Waals surface area contributed by atoms with Gasteiger partial charge in [-0.1, -0.05) is 6.42 Å². The third-order valence-electron chi connectivity index (χ3n) is 3.79. The Balaban J connectivity index is 2.13. The summed E-state index contributed by atoms with van der Waals surface area (Å²) in [6.07, 6.45) is 6.07. The van der Waals surface area contributed by atoms with E-state index in [0.717, 1.165) is 25.7 Å². The lowest BCUT2D eigenvalue weighted by atomic mass is 9.96. The van der Waals surface area contributed by atoms with E-state index in [1.807, 2.05) is 11.8 Å². The van der Waals surface area contributed by atoms with E-state index in [4.69, 9.17) is 10.5 Å². The fraction of sp³-hybridized carbons (Fsp3) is 0.571. The van der Waals surface area contributed by atoms with Gasteiger partial charge in [-0.25, -0.2) is 13.1 Å². The third kappa shape index (κ3) is 4.05. The van der Waals surface area contributed by atoms with Crippen molar-refractivity contribution in [1.29, 1.82) is 0 Å². The van der Waals surface area contributed by atoms with Gasteiger partial charge in [0.05, 0.1) is 17.7 Å². The second kappa shape index (κ2) is 6.89. The van der Waals surface area contributed by atoms with E-state index in [1.165, 1.54) is 19.2 Å². The Hall–Kier alpha value is -0.920. The largest absolute Gasteiger partial charge is 0.495 e. The summed E-state index contributed by atoms with van der Waals surface area (Å²) in [7, 11) is -2.03. The van der Waals surface area contributed by atoms with Gasteiger partial charge in [0.15, 0.2) is 0 Å². The SMILES string of the molecule is COc1ccc(S(=O)(=O)NC2CCCC(SC)C2)cc1N. The number of nitrogens with one attached hydrogen (secondary N) is 1. The van der Waals surface area contributed by atoms with E-state index in [-0.39, 0.29) is 10.9 Å². The molecule has 1 aromatic rings. The molecule has 1 fully saturated rings. The lowest BCUT2D eigenvalue weighted by Gasteiger charge is -2.28. The number of sulfonamides is 1. The molecule has 1 aliphatic carbocycles. The molecule has 0 heterocycles. The van der Waals surface area contributed by atoms with Crippen molar-refractivity contribution in [1.82, 2.24) is 4.72 Å². The van der Waals surface area contributed by atoms with Crippen LogP contribution in [0, 0.1) is 0 Å². The monoisotopic (exact) mass is 330 g/mol. The molecular formula is C14H22N2O3S2. The minimum atomic E-state index is -3.53. The highest BCUT2D eigenvalue weighted by molar-refractivity contribution is 7.99. The molecule has 0 saturated heterocycles. The Kier molecular flexibility index (Phi) is 5.40. The van der Waals surface area contributed by atoms with Gasteiger partial charge in [-0.2, -0.15) is 11.8 Å². The summed E-state index contributed by atoms with van der Waals surface area (Å²) < 4.78 is 32.7. The lowest BCUT2D eigenvalue weighted by molar-refractivity contribution is 0.416. The maximum absolute atomic E-state index is 12.4. The maximum atomic E-state index is 12.4. The van der Waals surface area contributed by atoms with Crippen molar-refractivity contribution >= 4 is 27.5 Å². The van der Waals surface area contributed by atoms with Gasteiger partial charge in [-0.05, 0) is 43.7 Å². The van der Waals surface area contributed by atoms with Crippen LogP contribution in [0.4, 0.5) is 5.69 Å². The van der Waals surface area contributed by atoms with Crippen LogP contribution in [-0.2, 0) is 10.0 Å². The highest BCUT2D eigenvalue weighted by atomic mass is 32.2. The first-order valence-electron chi connectivity index (χ1n) is 6.95. The molecule has 1 aromatic carbocycles. The number of thioether (sulfide) groups is 1. The molecule has 2 atom stereocenters. The van der Waals surface area contributed by atoms with Crippen molar-refractivity contribution in [3.63, 3.8) is 0 Å². The van der Waals surface area contributed by atoms with Gasteiger partial charge in [0.2, 0.25) is 10.0 Å². The maximum Gasteiger partial charge on any atom is 0.240 e. The van der Waals surface area contributed by atoms with Crippen LogP contribution in [0.2, 0.25) is 0 Å². The van der Waals surface area contributed by atoms with Crippen molar-refractivity contribution in [3.8, 4) is 5.75 Å². The lowest BCUT2D eigenvalue weighted by Crippen LogP contribution is -2.39. The van der Waals surface area contributed by atoms with Gasteiger partial charge >= 0.3 is 0 Å². The van der Waals surface area contributed by atoms with E-state index in [2.05, 4.69) is 11.0 Å². The number of hydrogen-bond acceptors (Lipinski definition) is 5. The molecule has 0 aromatic heterocycles. The average Bonchev–Trinajstić information content (AvgIpc) is 2.47. The van der Waals surface area contributed by atoms with E-state index in [0.29, 0.717) is 16.7 Å². The molecule has 0 bridgehead atoms. The molecule has 0 radical (unpaired) electrons. The number of nitrogen functional groups attached to an aromatic ring is 1. The molecule has 0 amide bonds. The predicted molar refractivity (Wildman–Crippen MR) is 87.3 cm³/mol. The Bertz CT molecular complexity index is 590. The molecule has 21 heavy (non-hydrogen) atoms. The first-order valence-corrected chi connectivity index (χ1v) is 9.72. The number of anilines is 1. The zero-order valence-electron chi connectivity index (χ0n) is 12.3. The van der Waals surface area contributed by atoms with Gasteiger partial charge in [0.1, 0.15) is 5.75 Å². The summed E-state index contributed by atoms with van der Waals surface area (Å²) in [6.45, 7) is 0. The molecule has 0 aliphatic heterocycles. The van der Waals surface area contributed by atoms with Crippen molar-refractivity contribution in [2.24, 2.45) is 0 Å². The average molecular weight is 330 g/mol. The Morgan fingerprint density at radius 2 is 2.14 bits per heavy atom. The summed E-state index contributed by atoms with van der Waals surface area (Å²) >= 11 is 1.81. The first kappa shape index (κ1) is 16.5.